The van der Waals surface area contributed by atoms with Crippen molar-refractivity contribution in [1.29, 1.82) is 0 Å². The molecule has 3 rings (SSSR count). The summed E-state index contributed by atoms with van der Waals surface area (Å²) < 4.78 is 10.4. The van der Waals surface area contributed by atoms with Gasteiger partial charge in [-0.3, -0.25) is 5.10 Å². The van der Waals surface area contributed by atoms with Crippen molar-refractivity contribution in [1.82, 2.24) is 10.2 Å². The fraction of sp³-hybridized carbons (Fsp3) is 0.100. The van der Waals surface area contributed by atoms with Crippen LogP contribution in [0.2, 0.25) is 5.02 Å². The lowest BCUT2D eigenvalue weighted by Gasteiger charge is -2.07. The number of aromatic amines is 1. The van der Waals surface area contributed by atoms with E-state index in [-0.39, 0.29) is 17.6 Å². The minimum Gasteiger partial charge on any atom is -0.506 e. The number of hydrogen-bond acceptors (Lipinski definition) is 5. The molecule has 0 radical (unpaired) electrons. The molecular weight excluding hydrogens is 246 g/mol. The van der Waals surface area contributed by atoms with Gasteiger partial charge in [0.2, 0.25) is 6.79 Å². The Morgan fingerprint density at radius 2 is 2.24 bits per heavy atom. The zero-order valence-electron chi connectivity index (χ0n) is 8.53. The first-order valence-corrected chi connectivity index (χ1v) is 5.16. The fourth-order valence-electron chi connectivity index (χ4n) is 1.71. The molecule has 6 nitrogen and oxygen atoms in total. The Balaban J connectivity index is 2.25. The van der Waals surface area contributed by atoms with E-state index in [0.717, 1.165) is 0 Å². The molecule has 0 atom stereocenters. The number of hydrogen-bond donors (Lipinski definition) is 3. The standard InChI is InChI=1S/C10H8ClN3O3/c11-7-8(15)4(5-2-13-14-10(5)12)1-6-9(7)17-3-16-6/h1-2,15H,3H2,(H3,12,13,14). The average molecular weight is 254 g/mol. The lowest BCUT2D eigenvalue weighted by Crippen LogP contribution is -1.93. The predicted molar refractivity (Wildman–Crippen MR) is 61.2 cm³/mol. The molecule has 2 heterocycles. The number of nitrogens with zero attached hydrogens (tertiary/aromatic N) is 1. The van der Waals surface area contributed by atoms with E-state index in [4.69, 9.17) is 26.8 Å². The second kappa shape index (κ2) is 3.46. The van der Waals surface area contributed by atoms with Crippen molar-refractivity contribution >= 4 is 17.4 Å². The Hall–Kier alpha value is -2.08. The normalized spacial score (nSPS) is 13.0. The number of H-pyrrole nitrogens is 1. The van der Waals surface area contributed by atoms with Crippen LogP contribution in [0.3, 0.4) is 0 Å². The first-order valence-electron chi connectivity index (χ1n) is 4.78. The van der Waals surface area contributed by atoms with Crippen LogP contribution in [0, 0.1) is 0 Å². The molecule has 0 bridgehead atoms. The molecule has 0 spiro atoms. The topological polar surface area (TPSA) is 93.4 Å². The third kappa shape index (κ3) is 1.38. The van der Waals surface area contributed by atoms with Gasteiger partial charge in [-0.1, -0.05) is 11.6 Å². The van der Waals surface area contributed by atoms with Gasteiger partial charge >= 0.3 is 0 Å². The molecule has 1 aliphatic heterocycles. The Morgan fingerprint density at radius 1 is 1.41 bits per heavy atom. The highest BCUT2D eigenvalue weighted by atomic mass is 35.5. The lowest BCUT2D eigenvalue weighted by atomic mass is 10.1. The first kappa shape index (κ1) is 10.1. The molecule has 7 heteroatoms. The van der Waals surface area contributed by atoms with Crippen LogP contribution < -0.4 is 15.2 Å². The number of halogens is 1. The summed E-state index contributed by atoms with van der Waals surface area (Å²) in [6.45, 7) is 0.0822. The second-order valence-corrected chi connectivity index (χ2v) is 3.90. The zero-order valence-corrected chi connectivity index (χ0v) is 9.28. The zero-order chi connectivity index (χ0) is 12.0. The average Bonchev–Trinajstić information content (AvgIpc) is 2.92. The highest BCUT2D eigenvalue weighted by Crippen LogP contribution is 2.49. The number of phenolic OH excluding ortho intramolecular Hbond substituents is 1. The molecule has 0 saturated heterocycles. The minimum atomic E-state index is -0.107. The molecule has 88 valence electrons. The quantitative estimate of drug-likeness (QED) is 0.720. The van der Waals surface area contributed by atoms with Crippen LogP contribution in [0.15, 0.2) is 12.3 Å². The van der Waals surface area contributed by atoms with Gasteiger partial charge in [0, 0.05) is 11.1 Å². The maximum atomic E-state index is 9.99. The molecule has 0 aliphatic carbocycles. The number of anilines is 1. The number of rotatable bonds is 1. The van der Waals surface area contributed by atoms with Gasteiger partial charge < -0.3 is 20.3 Å². The number of ether oxygens (including phenoxy) is 2. The van der Waals surface area contributed by atoms with E-state index in [1.807, 2.05) is 0 Å². The monoisotopic (exact) mass is 253 g/mol. The number of aromatic hydroxyl groups is 1. The van der Waals surface area contributed by atoms with E-state index in [1.54, 1.807) is 6.07 Å². The molecule has 17 heavy (non-hydrogen) atoms. The van der Waals surface area contributed by atoms with E-state index in [0.29, 0.717) is 28.4 Å². The summed E-state index contributed by atoms with van der Waals surface area (Å²) in [6, 6.07) is 1.62. The van der Waals surface area contributed by atoms with Crippen LogP contribution in [0.4, 0.5) is 5.82 Å². The van der Waals surface area contributed by atoms with Crippen molar-refractivity contribution in [3.63, 3.8) is 0 Å². The van der Waals surface area contributed by atoms with E-state index < -0.39 is 0 Å². The summed E-state index contributed by atoms with van der Waals surface area (Å²) in [4.78, 5) is 0. The van der Waals surface area contributed by atoms with Crippen molar-refractivity contribution in [2.75, 3.05) is 12.5 Å². The third-order valence-electron chi connectivity index (χ3n) is 2.54. The van der Waals surface area contributed by atoms with Gasteiger partial charge in [-0.2, -0.15) is 5.10 Å². The predicted octanol–water partition coefficient (Wildman–Crippen LogP) is 1.75. The summed E-state index contributed by atoms with van der Waals surface area (Å²) in [5.41, 5.74) is 6.70. The van der Waals surface area contributed by atoms with Gasteiger partial charge in [0.1, 0.15) is 16.6 Å². The molecule has 1 aliphatic rings. The van der Waals surface area contributed by atoms with Gasteiger partial charge in [0.25, 0.3) is 0 Å². The van der Waals surface area contributed by atoms with E-state index in [9.17, 15) is 5.11 Å². The Morgan fingerprint density at radius 3 is 2.94 bits per heavy atom. The molecule has 4 N–H and O–H groups in total. The molecular formula is C10H8ClN3O3. The van der Waals surface area contributed by atoms with Crippen molar-refractivity contribution in [3.05, 3.63) is 17.3 Å². The first-order chi connectivity index (χ1) is 8.18. The van der Waals surface area contributed by atoms with Crippen molar-refractivity contribution in [3.8, 4) is 28.4 Å². The van der Waals surface area contributed by atoms with Gasteiger partial charge in [-0.15, -0.1) is 0 Å². The second-order valence-electron chi connectivity index (χ2n) is 3.52. The summed E-state index contributed by atoms with van der Waals surface area (Å²) in [7, 11) is 0. The summed E-state index contributed by atoms with van der Waals surface area (Å²) in [5.74, 6) is 1.05. The van der Waals surface area contributed by atoms with Crippen LogP contribution >= 0.6 is 11.6 Å². The van der Waals surface area contributed by atoms with Gasteiger partial charge in [-0.05, 0) is 6.07 Å². The number of fused-ring (bicyclic) bond motifs is 1. The molecule has 0 amide bonds. The van der Waals surface area contributed by atoms with Crippen LogP contribution in [-0.4, -0.2) is 22.1 Å². The molecule has 1 aromatic carbocycles. The Kier molecular flexibility index (Phi) is 2.05. The van der Waals surface area contributed by atoms with Crippen molar-refractivity contribution in [2.24, 2.45) is 0 Å². The Bertz CT molecular complexity index is 597. The summed E-state index contributed by atoms with van der Waals surface area (Å²) >= 11 is 5.99. The summed E-state index contributed by atoms with van der Waals surface area (Å²) in [6.07, 6.45) is 1.50. The molecule has 0 unspecified atom stereocenters. The van der Waals surface area contributed by atoms with Crippen LogP contribution in [0.25, 0.3) is 11.1 Å². The lowest BCUT2D eigenvalue weighted by molar-refractivity contribution is 0.174. The number of aromatic nitrogens is 2. The molecule has 0 saturated carbocycles. The van der Waals surface area contributed by atoms with Gasteiger partial charge in [0.15, 0.2) is 11.5 Å². The highest BCUT2D eigenvalue weighted by molar-refractivity contribution is 6.34. The minimum absolute atomic E-state index is 0.0822. The maximum Gasteiger partial charge on any atom is 0.231 e. The van der Waals surface area contributed by atoms with E-state index in [2.05, 4.69) is 10.2 Å². The van der Waals surface area contributed by atoms with Crippen LogP contribution in [0.5, 0.6) is 17.2 Å². The number of benzene rings is 1. The third-order valence-corrected chi connectivity index (χ3v) is 2.89. The summed E-state index contributed by atoms with van der Waals surface area (Å²) in [5, 5.41) is 16.5. The van der Waals surface area contributed by atoms with Gasteiger partial charge in [-0.25, -0.2) is 0 Å². The van der Waals surface area contributed by atoms with Crippen LogP contribution in [0.1, 0.15) is 0 Å². The van der Waals surface area contributed by atoms with Crippen LogP contribution in [-0.2, 0) is 0 Å². The number of phenols is 1. The SMILES string of the molecule is Nc1[nH]ncc1-c1cc2c(c(Cl)c1O)OCO2. The highest BCUT2D eigenvalue weighted by Gasteiger charge is 2.24. The fourth-order valence-corrected chi connectivity index (χ4v) is 1.96. The molecule has 2 aromatic rings. The van der Waals surface area contributed by atoms with E-state index in [1.165, 1.54) is 6.20 Å². The molecule has 1 aromatic heterocycles. The molecule has 0 fully saturated rings. The van der Waals surface area contributed by atoms with Crippen molar-refractivity contribution < 1.29 is 14.6 Å². The Labute approximate surface area is 101 Å². The number of nitrogen functional groups attached to an aromatic ring is 1. The van der Waals surface area contributed by atoms with E-state index >= 15 is 0 Å². The smallest absolute Gasteiger partial charge is 0.231 e. The number of nitrogens with one attached hydrogen (secondary N) is 1. The van der Waals surface area contributed by atoms with Crippen molar-refractivity contribution in [2.45, 2.75) is 0 Å². The largest absolute Gasteiger partial charge is 0.506 e. The van der Waals surface area contributed by atoms with Gasteiger partial charge in [0.05, 0.1) is 6.20 Å². The maximum absolute atomic E-state index is 9.99. The number of nitrogens with two attached hydrogens (primary N) is 1.